The van der Waals surface area contributed by atoms with Crippen molar-refractivity contribution < 1.29 is 9.72 Å². The molecule has 1 atom stereocenters. The van der Waals surface area contributed by atoms with Crippen LogP contribution in [0.1, 0.15) is 38.6 Å². The van der Waals surface area contributed by atoms with Crippen molar-refractivity contribution in [3.8, 4) is 0 Å². The number of hydrogen-bond donors (Lipinski definition) is 1. The van der Waals surface area contributed by atoms with E-state index < -0.39 is 4.92 Å². The van der Waals surface area contributed by atoms with Crippen LogP contribution < -0.4 is 5.32 Å². The third kappa shape index (κ3) is 5.31. The van der Waals surface area contributed by atoms with Gasteiger partial charge in [-0.15, -0.1) is 0 Å². The Morgan fingerprint density at radius 2 is 2.00 bits per heavy atom. The summed E-state index contributed by atoms with van der Waals surface area (Å²) in [7, 11) is 0. The average molecular weight is 325 g/mol. The number of nitrogens with zero attached hydrogens (tertiary/aromatic N) is 4. The summed E-state index contributed by atoms with van der Waals surface area (Å²) in [5, 5.41) is 18.1. The van der Waals surface area contributed by atoms with Crippen LogP contribution >= 0.6 is 0 Å². The number of aromatic nitrogens is 2. The Bertz CT molecular complexity index is 552. The number of nitro groups is 1. The molecule has 0 spiro atoms. The predicted octanol–water partition coefficient (Wildman–Crippen LogP) is 1.64. The first-order valence-corrected chi connectivity index (χ1v) is 8.00. The Morgan fingerprint density at radius 3 is 2.48 bits per heavy atom. The highest BCUT2D eigenvalue weighted by atomic mass is 16.6. The Labute approximate surface area is 137 Å². The first-order chi connectivity index (χ1) is 10.8. The molecule has 0 saturated carbocycles. The molecule has 1 aromatic heterocycles. The summed E-state index contributed by atoms with van der Waals surface area (Å²) < 4.78 is 1.53. The molecule has 0 radical (unpaired) electrons. The fourth-order valence-corrected chi connectivity index (χ4v) is 2.64. The SMILES string of the molecule is CCN(CC)C[C@H](C)NC(=O)CCn1nc(C)c([N+](=O)[O-])c1C. The topological polar surface area (TPSA) is 93.3 Å². The summed E-state index contributed by atoms with van der Waals surface area (Å²) in [6, 6.07) is 0.0668. The average Bonchev–Trinajstić information content (AvgIpc) is 2.76. The number of amides is 1. The molecule has 1 heterocycles. The van der Waals surface area contributed by atoms with Gasteiger partial charge in [0, 0.05) is 19.0 Å². The maximum atomic E-state index is 12.0. The van der Waals surface area contributed by atoms with Crippen molar-refractivity contribution in [3.63, 3.8) is 0 Å². The second-order valence-corrected chi connectivity index (χ2v) is 5.70. The lowest BCUT2D eigenvalue weighted by Crippen LogP contribution is -2.42. The fraction of sp³-hybridized carbons (Fsp3) is 0.733. The van der Waals surface area contributed by atoms with E-state index in [0.29, 0.717) is 17.9 Å². The minimum atomic E-state index is -0.430. The van der Waals surface area contributed by atoms with E-state index in [0.717, 1.165) is 19.6 Å². The van der Waals surface area contributed by atoms with Gasteiger partial charge in [-0.2, -0.15) is 5.10 Å². The summed E-state index contributed by atoms with van der Waals surface area (Å²) in [6.07, 6.45) is 0.252. The zero-order chi connectivity index (χ0) is 17.6. The summed E-state index contributed by atoms with van der Waals surface area (Å²) in [6.45, 7) is 12.5. The van der Waals surface area contributed by atoms with Crippen molar-refractivity contribution in [3.05, 3.63) is 21.5 Å². The Kier molecular flexibility index (Phi) is 7.15. The van der Waals surface area contributed by atoms with Crippen molar-refractivity contribution in [1.82, 2.24) is 20.0 Å². The van der Waals surface area contributed by atoms with E-state index in [1.165, 1.54) is 4.68 Å². The largest absolute Gasteiger partial charge is 0.352 e. The summed E-state index contributed by atoms with van der Waals surface area (Å²) in [4.78, 5) is 24.8. The molecule has 23 heavy (non-hydrogen) atoms. The second-order valence-electron chi connectivity index (χ2n) is 5.70. The lowest BCUT2D eigenvalue weighted by atomic mass is 10.2. The van der Waals surface area contributed by atoms with Gasteiger partial charge in [-0.1, -0.05) is 13.8 Å². The van der Waals surface area contributed by atoms with E-state index in [9.17, 15) is 14.9 Å². The molecule has 1 N–H and O–H groups in total. The van der Waals surface area contributed by atoms with Crippen LogP contribution in [0, 0.1) is 24.0 Å². The molecule has 0 bridgehead atoms. The monoisotopic (exact) mass is 325 g/mol. The Hall–Kier alpha value is -1.96. The van der Waals surface area contributed by atoms with Crippen LogP contribution in [0.5, 0.6) is 0 Å². The molecule has 0 unspecified atom stereocenters. The van der Waals surface area contributed by atoms with E-state index in [-0.39, 0.29) is 24.1 Å². The number of carbonyl (C=O) groups is 1. The molecule has 1 amide bonds. The number of hydrogen-bond acceptors (Lipinski definition) is 5. The predicted molar refractivity (Wildman–Crippen MR) is 88.4 cm³/mol. The smallest absolute Gasteiger partial charge is 0.312 e. The van der Waals surface area contributed by atoms with E-state index in [4.69, 9.17) is 0 Å². The van der Waals surface area contributed by atoms with Crippen LogP contribution in [0.2, 0.25) is 0 Å². The minimum absolute atomic E-state index is 0.0281. The second kappa shape index (κ2) is 8.61. The summed E-state index contributed by atoms with van der Waals surface area (Å²) in [5.74, 6) is -0.0696. The van der Waals surface area contributed by atoms with Crippen LogP contribution in [0.25, 0.3) is 0 Å². The highest BCUT2D eigenvalue weighted by molar-refractivity contribution is 5.76. The van der Waals surface area contributed by atoms with Crippen molar-refractivity contribution in [2.24, 2.45) is 0 Å². The highest BCUT2D eigenvalue weighted by Gasteiger charge is 2.22. The van der Waals surface area contributed by atoms with E-state index in [1.807, 2.05) is 6.92 Å². The zero-order valence-corrected chi connectivity index (χ0v) is 14.6. The molecule has 0 fully saturated rings. The molecule has 1 rings (SSSR count). The lowest BCUT2D eigenvalue weighted by molar-refractivity contribution is -0.386. The maximum absolute atomic E-state index is 12.0. The lowest BCUT2D eigenvalue weighted by Gasteiger charge is -2.23. The number of carbonyl (C=O) groups excluding carboxylic acids is 1. The van der Waals surface area contributed by atoms with Gasteiger partial charge in [0.2, 0.25) is 5.91 Å². The number of rotatable bonds is 9. The molecule has 0 aliphatic heterocycles. The van der Waals surface area contributed by atoms with Crippen LogP contribution in [0.15, 0.2) is 0 Å². The first kappa shape index (κ1) is 19.1. The van der Waals surface area contributed by atoms with Gasteiger partial charge in [0.1, 0.15) is 11.4 Å². The van der Waals surface area contributed by atoms with Crippen molar-refractivity contribution in [1.29, 1.82) is 0 Å². The molecular formula is C15H27N5O3. The normalized spacial score (nSPS) is 12.4. The fourth-order valence-electron chi connectivity index (χ4n) is 2.64. The third-order valence-corrected chi connectivity index (χ3v) is 3.91. The summed E-state index contributed by atoms with van der Waals surface area (Å²) in [5.41, 5.74) is 0.889. The van der Waals surface area contributed by atoms with Gasteiger partial charge in [0.25, 0.3) is 0 Å². The molecular weight excluding hydrogens is 298 g/mol. The van der Waals surface area contributed by atoms with Gasteiger partial charge < -0.3 is 10.2 Å². The maximum Gasteiger partial charge on any atom is 0.312 e. The van der Waals surface area contributed by atoms with Gasteiger partial charge in [-0.25, -0.2) is 0 Å². The van der Waals surface area contributed by atoms with E-state index in [1.54, 1.807) is 13.8 Å². The molecule has 0 aliphatic rings. The number of aryl methyl sites for hydroxylation is 2. The molecule has 8 heteroatoms. The van der Waals surface area contributed by atoms with Crippen molar-refractivity contribution >= 4 is 11.6 Å². The van der Waals surface area contributed by atoms with Crippen molar-refractivity contribution in [2.45, 2.75) is 53.6 Å². The first-order valence-electron chi connectivity index (χ1n) is 8.00. The summed E-state index contributed by atoms with van der Waals surface area (Å²) >= 11 is 0. The molecule has 0 aromatic carbocycles. The number of likely N-dealkylation sites (N-methyl/N-ethyl adjacent to an activating group) is 1. The van der Waals surface area contributed by atoms with Crippen LogP contribution in [-0.2, 0) is 11.3 Å². The molecule has 8 nitrogen and oxygen atoms in total. The van der Waals surface area contributed by atoms with Gasteiger partial charge >= 0.3 is 5.69 Å². The van der Waals surface area contributed by atoms with Crippen LogP contribution in [-0.4, -0.2) is 51.2 Å². The zero-order valence-electron chi connectivity index (χ0n) is 14.6. The molecule has 0 aliphatic carbocycles. The van der Waals surface area contributed by atoms with E-state index in [2.05, 4.69) is 29.2 Å². The number of nitrogens with one attached hydrogen (secondary N) is 1. The Balaban J connectivity index is 2.54. The molecule has 0 saturated heterocycles. The van der Waals surface area contributed by atoms with Gasteiger partial charge in [0.05, 0.1) is 11.5 Å². The van der Waals surface area contributed by atoms with E-state index >= 15 is 0 Å². The van der Waals surface area contributed by atoms with Gasteiger partial charge in [0.15, 0.2) is 0 Å². The van der Waals surface area contributed by atoms with Crippen LogP contribution in [0.4, 0.5) is 5.69 Å². The highest BCUT2D eigenvalue weighted by Crippen LogP contribution is 2.21. The third-order valence-electron chi connectivity index (χ3n) is 3.91. The minimum Gasteiger partial charge on any atom is -0.352 e. The Morgan fingerprint density at radius 1 is 1.39 bits per heavy atom. The standard InChI is InChI=1S/C15H27N5O3/c1-6-18(7-2)10-11(3)16-14(21)8-9-19-13(5)15(20(22)23)12(4)17-19/h11H,6-10H2,1-5H3,(H,16,21)/t11-/m0/s1. The van der Waals surface area contributed by atoms with Crippen LogP contribution in [0.3, 0.4) is 0 Å². The van der Waals surface area contributed by atoms with Crippen molar-refractivity contribution in [2.75, 3.05) is 19.6 Å². The quantitative estimate of drug-likeness (QED) is 0.550. The molecule has 130 valence electrons. The van der Waals surface area contributed by atoms with Gasteiger partial charge in [-0.3, -0.25) is 19.6 Å². The molecule has 1 aromatic rings. The van der Waals surface area contributed by atoms with Gasteiger partial charge in [-0.05, 0) is 33.9 Å².